The van der Waals surface area contributed by atoms with Crippen molar-refractivity contribution in [3.05, 3.63) is 53.8 Å². The van der Waals surface area contributed by atoms with E-state index < -0.39 is 39.8 Å². The first-order chi connectivity index (χ1) is 16.0. The summed E-state index contributed by atoms with van der Waals surface area (Å²) in [6.07, 6.45) is -6.23. The molecule has 0 saturated carbocycles. The summed E-state index contributed by atoms with van der Waals surface area (Å²) in [5, 5.41) is 0. The third-order valence-electron chi connectivity index (χ3n) is 5.46. The van der Waals surface area contributed by atoms with Crippen LogP contribution in [0.2, 0.25) is 0 Å². The number of carbonyl (C=O) groups is 1. The van der Waals surface area contributed by atoms with Gasteiger partial charge in [0.1, 0.15) is 11.9 Å². The number of nitrogens with zero attached hydrogens (tertiary/aromatic N) is 2. The second-order valence-corrected chi connectivity index (χ2v) is 9.49. The van der Waals surface area contributed by atoms with E-state index in [4.69, 9.17) is 9.47 Å². The standard InChI is InChI=1S/C21H21F4N3O5S/c22-18-11-15(3-6-19(18)27-7-9-32-10-8-27)28-13-16(33-20(28)29)12-26-34(30,31)17-4-1-14(2-5-17)21(23,24)25/h1-6,11,16,26H,7-10,12-13H2/t16-/m0/s1. The average molecular weight is 503 g/mol. The van der Waals surface area contributed by atoms with Gasteiger partial charge in [-0.25, -0.2) is 22.3 Å². The number of anilines is 2. The molecule has 0 unspecified atom stereocenters. The van der Waals surface area contributed by atoms with Gasteiger partial charge < -0.3 is 14.4 Å². The minimum atomic E-state index is -4.59. The van der Waals surface area contributed by atoms with Gasteiger partial charge in [0.15, 0.2) is 0 Å². The molecule has 8 nitrogen and oxygen atoms in total. The van der Waals surface area contributed by atoms with Gasteiger partial charge in [0.05, 0.1) is 41.6 Å². The van der Waals surface area contributed by atoms with Gasteiger partial charge in [0, 0.05) is 19.6 Å². The molecule has 0 aliphatic carbocycles. The molecule has 1 amide bonds. The maximum absolute atomic E-state index is 14.7. The van der Waals surface area contributed by atoms with Crippen LogP contribution in [0.5, 0.6) is 0 Å². The SMILES string of the molecule is O=C1O[C@@H](CNS(=O)(=O)c2ccc(C(F)(F)F)cc2)CN1c1ccc(N2CCOCC2)c(F)c1. The van der Waals surface area contributed by atoms with E-state index in [0.29, 0.717) is 44.1 Å². The van der Waals surface area contributed by atoms with Gasteiger partial charge in [-0.1, -0.05) is 0 Å². The number of rotatable bonds is 6. The summed E-state index contributed by atoms with van der Waals surface area (Å²) in [5.74, 6) is -0.515. The summed E-state index contributed by atoms with van der Waals surface area (Å²) < 4.78 is 90.2. The number of cyclic esters (lactones) is 1. The molecule has 34 heavy (non-hydrogen) atoms. The zero-order valence-corrected chi connectivity index (χ0v) is 18.5. The van der Waals surface area contributed by atoms with Crippen molar-refractivity contribution < 1.29 is 40.2 Å². The molecule has 2 aromatic rings. The zero-order chi connectivity index (χ0) is 24.5. The Kier molecular flexibility index (Phi) is 6.69. The smallest absolute Gasteiger partial charge is 0.416 e. The van der Waals surface area contributed by atoms with E-state index in [-0.39, 0.29) is 23.7 Å². The van der Waals surface area contributed by atoms with E-state index in [0.717, 1.165) is 12.1 Å². The summed E-state index contributed by atoms with van der Waals surface area (Å²) in [7, 11) is -4.14. The van der Waals surface area contributed by atoms with Gasteiger partial charge in [-0.3, -0.25) is 4.90 Å². The first kappa shape index (κ1) is 24.2. The van der Waals surface area contributed by atoms with E-state index in [1.54, 1.807) is 12.1 Å². The van der Waals surface area contributed by atoms with Gasteiger partial charge in [-0.05, 0) is 42.5 Å². The number of nitrogens with one attached hydrogen (secondary N) is 1. The average Bonchev–Trinajstić information content (AvgIpc) is 3.18. The highest BCUT2D eigenvalue weighted by Gasteiger charge is 2.34. The number of alkyl halides is 3. The number of benzene rings is 2. The van der Waals surface area contributed by atoms with Crippen molar-refractivity contribution in [1.29, 1.82) is 0 Å². The van der Waals surface area contributed by atoms with E-state index in [1.165, 1.54) is 11.0 Å². The molecule has 0 radical (unpaired) electrons. The number of amides is 1. The Morgan fingerprint density at radius 3 is 2.35 bits per heavy atom. The predicted octanol–water partition coefficient (Wildman–Crippen LogP) is 2.98. The first-order valence-electron chi connectivity index (χ1n) is 10.3. The summed E-state index contributed by atoms with van der Waals surface area (Å²) in [5.41, 5.74) is -0.327. The molecule has 2 aliphatic rings. The van der Waals surface area contributed by atoms with Crippen LogP contribution in [0.1, 0.15) is 5.56 Å². The number of hydrogen-bond acceptors (Lipinski definition) is 6. The van der Waals surface area contributed by atoms with Gasteiger partial charge in [0.2, 0.25) is 10.0 Å². The van der Waals surface area contributed by atoms with Crippen molar-refractivity contribution >= 4 is 27.5 Å². The fraction of sp³-hybridized carbons (Fsp3) is 0.381. The largest absolute Gasteiger partial charge is 0.443 e. The summed E-state index contributed by atoms with van der Waals surface area (Å²) in [6, 6.07) is 7.37. The lowest BCUT2D eigenvalue weighted by Crippen LogP contribution is -2.37. The Balaban J connectivity index is 1.38. The third kappa shape index (κ3) is 5.26. The molecule has 2 saturated heterocycles. The van der Waals surface area contributed by atoms with Crippen molar-refractivity contribution in [2.75, 3.05) is 49.2 Å². The molecule has 2 fully saturated rings. The van der Waals surface area contributed by atoms with Crippen molar-refractivity contribution in [1.82, 2.24) is 4.72 Å². The lowest BCUT2D eigenvalue weighted by Gasteiger charge is -2.29. The van der Waals surface area contributed by atoms with Crippen LogP contribution in [-0.4, -0.2) is 60.0 Å². The monoisotopic (exact) mass is 503 g/mol. The number of sulfonamides is 1. The summed E-state index contributed by atoms with van der Waals surface area (Å²) >= 11 is 0. The lowest BCUT2D eigenvalue weighted by molar-refractivity contribution is -0.137. The van der Waals surface area contributed by atoms with Crippen LogP contribution in [0.25, 0.3) is 0 Å². The normalized spacial score (nSPS) is 19.4. The van der Waals surface area contributed by atoms with Crippen LogP contribution in [0.3, 0.4) is 0 Å². The molecule has 2 heterocycles. The fourth-order valence-electron chi connectivity index (χ4n) is 3.67. The Labute approximate surface area is 193 Å². The van der Waals surface area contributed by atoms with Crippen LogP contribution in [0.4, 0.5) is 33.7 Å². The molecular formula is C21H21F4N3O5S. The second-order valence-electron chi connectivity index (χ2n) is 7.73. The molecule has 4 rings (SSSR count). The Morgan fingerprint density at radius 1 is 1.06 bits per heavy atom. The summed E-state index contributed by atoms with van der Waals surface area (Å²) in [4.78, 5) is 14.9. The van der Waals surface area contributed by atoms with E-state index in [9.17, 15) is 30.8 Å². The molecule has 0 aromatic heterocycles. The number of ether oxygens (including phenoxy) is 2. The Bertz CT molecular complexity index is 1150. The van der Waals surface area contributed by atoms with Crippen molar-refractivity contribution in [3.8, 4) is 0 Å². The fourth-order valence-corrected chi connectivity index (χ4v) is 4.74. The minimum absolute atomic E-state index is 0.0370. The lowest BCUT2D eigenvalue weighted by atomic mass is 10.2. The van der Waals surface area contributed by atoms with Gasteiger partial charge in [-0.2, -0.15) is 13.2 Å². The van der Waals surface area contributed by atoms with Crippen LogP contribution in [-0.2, 0) is 25.7 Å². The molecule has 13 heteroatoms. The minimum Gasteiger partial charge on any atom is -0.443 e. The van der Waals surface area contributed by atoms with Gasteiger partial charge in [0.25, 0.3) is 0 Å². The quantitative estimate of drug-likeness (QED) is 0.610. The molecule has 1 atom stereocenters. The van der Waals surface area contributed by atoms with E-state index in [1.807, 2.05) is 4.90 Å². The number of halogens is 4. The third-order valence-corrected chi connectivity index (χ3v) is 6.90. The highest BCUT2D eigenvalue weighted by Crippen LogP contribution is 2.30. The number of hydrogen-bond donors (Lipinski definition) is 1. The van der Waals surface area contributed by atoms with Crippen molar-refractivity contribution in [2.45, 2.75) is 17.2 Å². The molecule has 1 N–H and O–H groups in total. The molecular weight excluding hydrogens is 482 g/mol. The van der Waals surface area contributed by atoms with Gasteiger partial charge in [-0.15, -0.1) is 0 Å². The number of carbonyl (C=O) groups excluding carboxylic acids is 1. The molecule has 0 bridgehead atoms. The topological polar surface area (TPSA) is 88.2 Å². The molecule has 2 aromatic carbocycles. The second kappa shape index (κ2) is 9.39. The highest BCUT2D eigenvalue weighted by molar-refractivity contribution is 7.89. The van der Waals surface area contributed by atoms with Crippen LogP contribution >= 0.6 is 0 Å². The van der Waals surface area contributed by atoms with Crippen LogP contribution in [0.15, 0.2) is 47.4 Å². The molecule has 2 aliphatic heterocycles. The maximum Gasteiger partial charge on any atom is 0.416 e. The predicted molar refractivity (Wildman–Crippen MR) is 114 cm³/mol. The van der Waals surface area contributed by atoms with Crippen molar-refractivity contribution in [2.24, 2.45) is 0 Å². The maximum atomic E-state index is 14.7. The Hall–Kier alpha value is -2.90. The van der Waals surface area contributed by atoms with Crippen LogP contribution < -0.4 is 14.5 Å². The highest BCUT2D eigenvalue weighted by atomic mass is 32.2. The Morgan fingerprint density at radius 2 is 1.74 bits per heavy atom. The zero-order valence-electron chi connectivity index (χ0n) is 17.7. The number of morpholine rings is 1. The summed E-state index contributed by atoms with van der Waals surface area (Å²) in [6.45, 7) is 1.73. The van der Waals surface area contributed by atoms with Crippen LogP contribution in [0, 0.1) is 5.82 Å². The van der Waals surface area contributed by atoms with Gasteiger partial charge >= 0.3 is 12.3 Å². The molecule has 184 valence electrons. The first-order valence-corrected chi connectivity index (χ1v) is 11.8. The van der Waals surface area contributed by atoms with Crippen molar-refractivity contribution in [3.63, 3.8) is 0 Å². The van der Waals surface area contributed by atoms with E-state index in [2.05, 4.69) is 4.72 Å². The molecule has 0 spiro atoms. The van der Waals surface area contributed by atoms with E-state index >= 15 is 0 Å².